The Morgan fingerprint density at radius 1 is 1.00 bits per heavy atom. The summed E-state index contributed by atoms with van der Waals surface area (Å²) in [5.74, 6) is 1.71. The Labute approximate surface area is 125 Å². The third-order valence-electron chi connectivity index (χ3n) is 3.91. The fourth-order valence-electron chi connectivity index (χ4n) is 2.85. The van der Waals surface area contributed by atoms with Gasteiger partial charge in [-0.25, -0.2) is 0 Å². The average Bonchev–Trinajstić information content (AvgIpc) is 2.88. The molecule has 1 N–H and O–H groups in total. The molecule has 2 aromatic rings. The quantitative estimate of drug-likeness (QED) is 0.863. The Hall–Kier alpha value is -1.25. The first-order valence-corrected chi connectivity index (χ1v) is 8.27. The zero-order chi connectivity index (χ0) is 13.9. The van der Waals surface area contributed by atoms with E-state index >= 15 is 0 Å². The van der Waals surface area contributed by atoms with Gasteiger partial charge in [0.1, 0.15) is 0 Å². The van der Waals surface area contributed by atoms with Crippen LogP contribution in [0.1, 0.15) is 37.1 Å². The highest BCUT2D eigenvalue weighted by atomic mass is 32.2. The molecule has 0 bridgehead atoms. The van der Waals surface area contributed by atoms with E-state index in [0.29, 0.717) is 18.0 Å². The molecule has 20 heavy (non-hydrogen) atoms. The van der Waals surface area contributed by atoms with Gasteiger partial charge < -0.3 is 5.32 Å². The fraction of sp³-hybridized carbons (Fsp3) is 0.333. The number of nitrogens with one attached hydrogen (secondary N) is 1. The van der Waals surface area contributed by atoms with E-state index < -0.39 is 0 Å². The molecule has 2 aromatic carbocycles. The maximum absolute atomic E-state index is 3.87. The molecule has 2 unspecified atom stereocenters. The Morgan fingerprint density at radius 3 is 2.45 bits per heavy atom. The van der Waals surface area contributed by atoms with Gasteiger partial charge in [-0.05, 0) is 23.1 Å². The van der Waals surface area contributed by atoms with Crippen LogP contribution in [0.3, 0.4) is 0 Å². The van der Waals surface area contributed by atoms with Gasteiger partial charge in [0.05, 0.1) is 0 Å². The minimum absolute atomic E-state index is 0.410. The lowest BCUT2D eigenvalue weighted by Gasteiger charge is -2.27. The van der Waals surface area contributed by atoms with Crippen molar-refractivity contribution in [3.8, 4) is 0 Å². The van der Waals surface area contributed by atoms with Gasteiger partial charge in [-0.15, -0.1) is 11.8 Å². The highest BCUT2D eigenvalue weighted by molar-refractivity contribution is 7.99. The van der Waals surface area contributed by atoms with E-state index in [1.165, 1.54) is 16.0 Å². The minimum atomic E-state index is 0.410. The summed E-state index contributed by atoms with van der Waals surface area (Å²) in [4.78, 5) is 1.43. The van der Waals surface area contributed by atoms with Crippen molar-refractivity contribution in [1.82, 2.24) is 5.32 Å². The van der Waals surface area contributed by atoms with Crippen molar-refractivity contribution in [1.29, 1.82) is 0 Å². The summed E-state index contributed by atoms with van der Waals surface area (Å²) >= 11 is 1.96. The van der Waals surface area contributed by atoms with Crippen molar-refractivity contribution in [3.63, 3.8) is 0 Å². The average molecular weight is 283 g/mol. The standard InChI is InChI=1S/C18H21NS/c1-13(2)18(14-8-4-3-5-9-14)19-16-12-20-17-11-7-6-10-15(16)17/h3-11,13,16,18-19H,12H2,1-2H3. The lowest BCUT2D eigenvalue weighted by atomic mass is 9.94. The number of thioether (sulfide) groups is 1. The molecule has 104 valence electrons. The Bertz CT molecular complexity index is 565. The van der Waals surface area contributed by atoms with E-state index in [2.05, 4.69) is 73.8 Å². The van der Waals surface area contributed by atoms with Crippen molar-refractivity contribution in [2.45, 2.75) is 30.8 Å². The van der Waals surface area contributed by atoms with Crippen LogP contribution in [0, 0.1) is 5.92 Å². The first kappa shape index (κ1) is 13.7. The SMILES string of the molecule is CC(C)C(NC1CSc2ccccc21)c1ccccc1. The van der Waals surface area contributed by atoms with Crippen molar-refractivity contribution >= 4 is 11.8 Å². The minimum Gasteiger partial charge on any atom is -0.302 e. The first-order chi connectivity index (χ1) is 9.75. The third kappa shape index (κ3) is 2.77. The second-order valence-corrected chi connectivity index (χ2v) is 6.76. The summed E-state index contributed by atoms with van der Waals surface area (Å²) in [5.41, 5.74) is 2.84. The molecule has 1 aliphatic heterocycles. The predicted molar refractivity (Wildman–Crippen MR) is 87.1 cm³/mol. The molecule has 1 aliphatic rings. The molecule has 0 radical (unpaired) electrons. The largest absolute Gasteiger partial charge is 0.302 e. The van der Waals surface area contributed by atoms with Gasteiger partial charge in [0.15, 0.2) is 0 Å². The van der Waals surface area contributed by atoms with Crippen LogP contribution in [0.25, 0.3) is 0 Å². The van der Waals surface area contributed by atoms with E-state index in [-0.39, 0.29) is 0 Å². The van der Waals surface area contributed by atoms with E-state index in [1.54, 1.807) is 0 Å². The third-order valence-corrected chi connectivity index (χ3v) is 5.09. The van der Waals surface area contributed by atoms with Crippen molar-refractivity contribution in [2.75, 3.05) is 5.75 Å². The summed E-state index contributed by atoms with van der Waals surface area (Å²) in [6.07, 6.45) is 0. The zero-order valence-electron chi connectivity index (χ0n) is 12.0. The van der Waals surface area contributed by atoms with Gasteiger partial charge in [-0.2, -0.15) is 0 Å². The first-order valence-electron chi connectivity index (χ1n) is 7.28. The van der Waals surface area contributed by atoms with Gasteiger partial charge in [0, 0.05) is 22.7 Å². The predicted octanol–water partition coefficient (Wildman–Crippen LogP) is 4.82. The smallest absolute Gasteiger partial charge is 0.0431 e. The van der Waals surface area contributed by atoms with Crippen molar-refractivity contribution < 1.29 is 0 Å². The molecule has 1 nitrogen and oxygen atoms in total. The molecule has 0 fully saturated rings. The maximum Gasteiger partial charge on any atom is 0.0431 e. The Morgan fingerprint density at radius 2 is 1.70 bits per heavy atom. The van der Waals surface area contributed by atoms with Crippen LogP contribution in [0.4, 0.5) is 0 Å². The number of benzene rings is 2. The van der Waals surface area contributed by atoms with Gasteiger partial charge in [-0.3, -0.25) is 0 Å². The molecule has 1 heterocycles. The monoisotopic (exact) mass is 283 g/mol. The highest BCUT2D eigenvalue weighted by Crippen LogP contribution is 2.39. The molecular weight excluding hydrogens is 262 g/mol. The maximum atomic E-state index is 3.87. The van der Waals surface area contributed by atoms with E-state index in [4.69, 9.17) is 0 Å². The van der Waals surface area contributed by atoms with Gasteiger partial charge >= 0.3 is 0 Å². The van der Waals surface area contributed by atoms with E-state index in [9.17, 15) is 0 Å². The summed E-state index contributed by atoms with van der Waals surface area (Å²) in [5, 5.41) is 3.87. The topological polar surface area (TPSA) is 12.0 Å². The number of rotatable bonds is 4. The lowest BCUT2D eigenvalue weighted by molar-refractivity contribution is 0.377. The van der Waals surface area contributed by atoms with Gasteiger partial charge in [0.2, 0.25) is 0 Å². The molecule has 2 heteroatoms. The van der Waals surface area contributed by atoms with Crippen LogP contribution in [0.2, 0.25) is 0 Å². The van der Waals surface area contributed by atoms with E-state index in [1.807, 2.05) is 11.8 Å². The van der Waals surface area contributed by atoms with Gasteiger partial charge in [-0.1, -0.05) is 62.4 Å². The van der Waals surface area contributed by atoms with Crippen LogP contribution in [-0.4, -0.2) is 5.75 Å². The lowest BCUT2D eigenvalue weighted by Crippen LogP contribution is -2.30. The Balaban J connectivity index is 1.82. The van der Waals surface area contributed by atoms with Crippen molar-refractivity contribution in [3.05, 3.63) is 65.7 Å². The normalized spacial score (nSPS) is 19.1. The second kappa shape index (κ2) is 6.02. The zero-order valence-corrected chi connectivity index (χ0v) is 12.9. The molecule has 2 atom stereocenters. The molecule has 0 saturated carbocycles. The molecule has 0 saturated heterocycles. The van der Waals surface area contributed by atoms with E-state index in [0.717, 1.165) is 5.75 Å². The molecule has 0 aromatic heterocycles. The highest BCUT2D eigenvalue weighted by Gasteiger charge is 2.26. The fourth-order valence-corrected chi connectivity index (χ4v) is 4.03. The second-order valence-electron chi connectivity index (χ2n) is 5.70. The molecular formula is C18H21NS. The van der Waals surface area contributed by atoms with Crippen LogP contribution < -0.4 is 5.32 Å². The molecule has 0 amide bonds. The van der Waals surface area contributed by atoms with Crippen LogP contribution in [0.5, 0.6) is 0 Å². The van der Waals surface area contributed by atoms with Crippen molar-refractivity contribution in [2.24, 2.45) is 5.92 Å². The molecule has 3 rings (SSSR count). The van der Waals surface area contributed by atoms with Crippen LogP contribution >= 0.6 is 11.8 Å². The summed E-state index contributed by atoms with van der Waals surface area (Å²) in [6, 6.07) is 20.4. The van der Waals surface area contributed by atoms with Crippen LogP contribution in [0.15, 0.2) is 59.5 Å². The summed E-state index contributed by atoms with van der Waals surface area (Å²) in [6.45, 7) is 4.58. The summed E-state index contributed by atoms with van der Waals surface area (Å²) in [7, 11) is 0. The van der Waals surface area contributed by atoms with Crippen LogP contribution in [-0.2, 0) is 0 Å². The van der Waals surface area contributed by atoms with Gasteiger partial charge in [0.25, 0.3) is 0 Å². The molecule has 0 aliphatic carbocycles. The molecule has 0 spiro atoms. The number of fused-ring (bicyclic) bond motifs is 1. The summed E-state index contributed by atoms with van der Waals surface area (Å²) < 4.78 is 0. The Kier molecular flexibility index (Phi) is 4.13. The number of hydrogen-bond donors (Lipinski definition) is 1. The number of hydrogen-bond acceptors (Lipinski definition) is 2.